The molecular weight excluding hydrogens is 282 g/mol. The van der Waals surface area contributed by atoms with Gasteiger partial charge in [0.2, 0.25) is 5.91 Å². The van der Waals surface area contributed by atoms with Gasteiger partial charge in [-0.15, -0.1) is 0 Å². The number of likely N-dealkylation sites (tertiary alicyclic amines) is 1. The highest BCUT2D eigenvalue weighted by atomic mass is 16.5. The van der Waals surface area contributed by atoms with E-state index in [1.165, 1.54) is 0 Å². The maximum absolute atomic E-state index is 12.0. The van der Waals surface area contributed by atoms with Gasteiger partial charge in [0.25, 0.3) is 0 Å². The third-order valence-electron chi connectivity index (χ3n) is 3.88. The summed E-state index contributed by atoms with van der Waals surface area (Å²) in [6.45, 7) is 1.56. The largest absolute Gasteiger partial charge is 0.375 e. The molecule has 7 nitrogen and oxygen atoms in total. The molecule has 1 aliphatic rings. The summed E-state index contributed by atoms with van der Waals surface area (Å²) in [5.41, 5.74) is 0.912. The Morgan fingerprint density at radius 1 is 1.36 bits per heavy atom. The van der Waals surface area contributed by atoms with Crippen LogP contribution in [0.3, 0.4) is 0 Å². The van der Waals surface area contributed by atoms with Gasteiger partial charge in [-0.2, -0.15) is 0 Å². The van der Waals surface area contributed by atoms with Gasteiger partial charge < -0.3 is 9.64 Å². The molecule has 1 atom stereocenters. The third kappa shape index (κ3) is 2.99. The van der Waals surface area contributed by atoms with Crippen molar-refractivity contribution < 1.29 is 9.53 Å². The lowest BCUT2D eigenvalue weighted by molar-refractivity contribution is -0.136. The van der Waals surface area contributed by atoms with E-state index in [1.807, 2.05) is 15.7 Å². The number of ether oxygens (including phenoxy) is 1. The second-order valence-corrected chi connectivity index (χ2v) is 5.35. The molecule has 3 heterocycles. The molecule has 0 saturated carbocycles. The van der Waals surface area contributed by atoms with E-state index in [0.717, 1.165) is 30.9 Å². The standard InChI is InChI=1S/C15H19N5O2/c1-22-10-13(21)19-7-2-3-12(9-19)14-15(18-5-4-17-14)20-8-6-16-11-20/h4-6,8,11-12H,2-3,7,9-10H2,1H3/t12-/m0/s1. The van der Waals surface area contributed by atoms with E-state index in [2.05, 4.69) is 15.0 Å². The van der Waals surface area contributed by atoms with Crippen molar-refractivity contribution in [3.63, 3.8) is 0 Å². The van der Waals surface area contributed by atoms with Gasteiger partial charge in [0.1, 0.15) is 12.9 Å². The number of nitrogens with zero attached hydrogens (tertiary/aromatic N) is 5. The summed E-state index contributed by atoms with van der Waals surface area (Å²) in [7, 11) is 1.54. The monoisotopic (exact) mass is 301 g/mol. The second kappa shape index (κ2) is 6.65. The van der Waals surface area contributed by atoms with Crippen molar-refractivity contribution in [3.05, 3.63) is 36.8 Å². The molecule has 22 heavy (non-hydrogen) atoms. The molecule has 0 aromatic carbocycles. The van der Waals surface area contributed by atoms with E-state index >= 15 is 0 Å². The zero-order valence-corrected chi connectivity index (χ0v) is 12.6. The average Bonchev–Trinajstić information content (AvgIpc) is 3.09. The van der Waals surface area contributed by atoms with Crippen LogP contribution in [0.2, 0.25) is 0 Å². The Morgan fingerprint density at radius 2 is 2.23 bits per heavy atom. The predicted octanol–water partition coefficient (Wildman–Crippen LogP) is 1.01. The molecule has 0 N–H and O–H groups in total. The molecule has 1 amide bonds. The number of piperidine rings is 1. The molecule has 2 aromatic heterocycles. The number of hydrogen-bond acceptors (Lipinski definition) is 5. The van der Waals surface area contributed by atoms with Crippen molar-refractivity contribution in [1.82, 2.24) is 24.4 Å². The van der Waals surface area contributed by atoms with Gasteiger partial charge in [-0.3, -0.25) is 14.3 Å². The predicted molar refractivity (Wildman–Crippen MR) is 79.6 cm³/mol. The van der Waals surface area contributed by atoms with Gasteiger partial charge in [-0.1, -0.05) is 0 Å². The number of carbonyl (C=O) groups excluding carboxylic acids is 1. The van der Waals surface area contributed by atoms with Crippen LogP contribution in [-0.4, -0.2) is 57.1 Å². The Labute approximate surface area is 129 Å². The smallest absolute Gasteiger partial charge is 0.248 e. The van der Waals surface area contributed by atoms with Gasteiger partial charge in [0.15, 0.2) is 5.82 Å². The summed E-state index contributed by atoms with van der Waals surface area (Å²) in [6, 6.07) is 0. The molecule has 1 aliphatic heterocycles. The van der Waals surface area contributed by atoms with Crippen LogP contribution in [-0.2, 0) is 9.53 Å². The average molecular weight is 301 g/mol. The summed E-state index contributed by atoms with van der Waals surface area (Å²) >= 11 is 0. The van der Waals surface area contributed by atoms with E-state index in [4.69, 9.17) is 4.74 Å². The molecule has 0 aliphatic carbocycles. The summed E-state index contributed by atoms with van der Waals surface area (Å²) in [6.07, 6.45) is 10.6. The lowest BCUT2D eigenvalue weighted by Gasteiger charge is -2.32. The second-order valence-electron chi connectivity index (χ2n) is 5.35. The Morgan fingerprint density at radius 3 is 3.00 bits per heavy atom. The number of methoxy groups -OCH3 is 1. The number of amides is 1. The Hall–Kier alpha value is -2.28. The number of aromatic nitrogens is 4. The molecule has 1 saturated heterocycles. The number of carbonyl (C=O) groups is 1. The first-order valence-corrected chi connectivity index (χ1v) is 7.35. The van der Waals surface area contributed by atoms with Crippen LogP contribution < -0.4 is 0 Å². The van der Waals surface area contributed by atoms with Crippen molar-refractivity contribution in [3.8, 4) is 5.82 Å². The van der Waals surface area contributed by atoms with Crippen molar-refractivity contribution >= 4 is 5.91 Å². The van der Waals surface area contributed by atoms with Crippen LogP contribution >= 0.6 is 0 Å². The molecule has 0 bridgehead atoms. The molecule has 2 aromatic rings. The normalized spacial score (nSPS) is 18.4. The Kier molecular flexibility index (Phi) is 4.43. The first-order chi connectivity index (χ1) is 10.8. The van der Waals surface area contributed by atoms with Crippen LogP contribution in [0.5, 0.6) is 0 Å². The molecular formula is C15H19N5O2. The number of rotatable bonds is 4. The van der Waals surface area contributed by atoms with E-state index in [1.54, 1.807) is 32.0 Å². The van der Waals surface area contributed by atoms with Crippen molar-refractivity contribution in [2.75, 3.05) is 26.8 Å². The lowest BCUT2D eigenvalue weighted by Crippen LogP contribution is -2.41. The van der Waals surface area contributed by atoms with Crippen LogP contribution in [0.1, 0.15) is 24.5 Å². The topological polar surface area (TPSA) is 73.1 Å². The minimum absolute atomic E-state index is 0.0280. The van der Waals surface area contributed by atoms with Crippen LogP contribution in [0.25, 0.3) is 5.82 Å². The number of hydrogen-bond donors (Lipinski definition) is 0. The minimum Gasteiger partial charge on any atom is -0.375 e. The maximum Gasteiger partial charge on any atom is 0.248 e. The Balaban J connectivity index is 1.84. The fourth-order valence-electron chi connectivity index (χ4n) is 2.85. The van der Waals surface area contributed by atoms with Crippen LogP contribution in [0, 0.1) is 0 Å². The highest BCUT2D eigenvalue weighted by Gasteiger charge is 2.27. The van der Waals surface area contributed by atoms with E-state index in [0.29, 0.717) is 6.54 Å². The summed E-state index contributed by atoms with van der Waals surface area (Å²) < 4.78 is 6.81. The minimum atomic E-state index is 0.0280. The molecule has 0 unspecified atom stereocenters. The summed E-state index contributed by atoms with van der Waals surface area (Å²) in [5, 5.41) is 0. The fraction of sp³-hybridized carbons (Fsp3) is 0.467. The molecule has 116 valence electrons. The van der Waals surface area contributed by atoms with Gasteiger partial charge in [-0.25, -0.2) is 9.97 Å². The molecule has 3 rings (SSSR count). The first-order valence-electron chi connectivity index (χ1n) is 7.35. The zero-order valence-electron chi connectivity index (χ0n) is 12.6. The maximum atomic E-state index is 12.0. The molecule has 0 radical (unpaired) electrons. The van der Waals surface area contributed by atoms with Crippen molar-refractivity contribution in [2.24, 2.45) is 0 Å². The SMILES string of the molecule is COCC(=O)N1CCC[C@H](c2nccnc2-n2ccnc2)C1. The molecule has 0 spiro atoms. The Bertz CT molecular complexity index is 629. The first kappa shape index (κ1) is 14.6. The molecule has 7 heteroatoms. The highest BCUT2D eigenvalue weighted by molar-refractivity contribution is 5.77. The van der Waals surface area contributed by atoms with Gasteiger partial charge in [0.05, 0.1) is 5.69 Å². The van der Waals surface area contributed by atoms with Gasteiger partial charge in [0, 0.05) is 50.9 Å². The number of imidazole rings is 1. The van der Waals surface area contributed by atoms with Gasteiger partial charge in [-0.05, 0) is 12.8 Å². The summed E-state index contributed by atoms with van der Waals surface area (Å²) in [4.78, 5) is 26.9. The van der Waals surface area contributed by atoms with E-state index in [-0.39, 0.29) is 18.4 Å². The lowest BCUT2D eigenvalue weighted by atomic mass is 9.94. The fourth-order valence-corrected chi connectivity index (χ4v) is 2.85. The highest BCUT2D eigenvalue weighted by Crippen LogP contribution is 2.28. The van der Waals surface area contributed by atoms with Crippen LogP contribution in [0.15, 0.2) is 31.1 Å². The summed E-state index contributed by atoms with van der Waals surface area (Å²) in [5.74, 6) is 0.993. The van der Waals surface area contributed by atoms with Crippen molar-refractivity contribution in [2.45, 2.75) is 18.8 Å². The zero-order chi connectivity index (χ0) is 15.4. The van der Waals surface area contributed by atoms with Crippen molar-refractivity contribution in [1.29, 1.82) is 0 Å². The molecule has 1 fully saturated rings. The van der Waals surface area contributed by atoms with E-state index < -0.39 is 0 Å². The van der Waals surface area contributed by atoms with E-state index in [9.17, 15) is 4.79 Å². The van der Waals surface area contributed by atoms with Crippen LogP contribution in [0.4, 0.5) is 0 Å². The third-order valence-corrected chi connectivity index (χ3v) is 3.88. The quantitative estimate of drug-likeness (QED) is 0.843. The van der Waals surface area contributed by atoms with Gasteiger partial charge >= 0.3 is 0 Å².